The maximum atomic E-state index is 11.6. The number of rotatable bonds is 3. The van der Waals surface area contributed by atoms with E-state index in [9.17, 15) is 18.5 Å². The molecule has 7 nitrogen and oxygen atoms in total. The van der Waals surface area contributed by atoms with Gasteiger partial charge in [-0.2, -0.15) is 0 Å². The third-order valence-electron chi connectivity index (χ3n) is 4.52. The summed E-state index contributed by atoms with van der Waals surface area (Å²) in [6.45, 7) is 3.00. The summed E-state index contributed by atoms with van der Waals surface area (Å²) in [6.07, 6.45) is 0.709. The molecule has 3 rings (SSSR count). The zero-order valence-corrected chi connectivity index (χ0v) is 14.1. The van der Waals surface area contributed by atoms with Gasteiger partial charge in [0.1, 0.15) is 0 Å². The molecule has 1 aromatic carbocycles. The van der Waals surface area contributed by atoms with Gasteiger partial charge in [-0.25, -0.2) is 8.42 Å². The van der Waals surface area contributed by atoms with E-state index in [2.05, 4.69) is 9.80 Å². The van der Waals surface area contributed by atoms with Crippen molar-refractivity contribution in [3.63, 3.8) is 0 Å². The predicted molar refractivity (Wildman–Crippen MR) is 89.0 cm³/mol. The first-order valence-electron chi connectivity index (χ1n) is 7.49. The van der Waals surface area contributed by atoms with E-state index in [0.717, 1.165) is 31.9 Å². The molecule has 2 aliphatic rings. The SMILES string of the molecule is O=[N+]([O-])c1ccc(N2CCN([C@H]3CCS(=O)(=O)C3)CC2)c(Cl)c1. The molecular formula is C14H18ClN3O4S. The average molecular weight is 360 g/mol. The number of non-ortho nitro benzene ring substituents is 1. The van der Waals surface area contributed by atoms with Crippen molar-refractivity contribution in [3.8, 4) is 0 Å². The molecule has 126 valence electrons. The van der Waals surface area contributed by atoms with Crippen LogP contribution in [0.5, 0.6) is 0 Å². The summed E-state index contributed by atoms with van der Waals surface area (Å²) < 4.78 is 23.2. The second-order valence-corrected chi connectivity index (χ2v) is 8.61. The highest BCUT2D eigenvalue weighted by Gasteiger charge is 2.33. The van der Waals surface area contributed by atoms with E-state index in [1.54, 1.807) is 6.07 Å². The number of piperazine rings is 1. The van der Waals surface area contributed by atoms with Crippen LogP contribution in [0.2, 0.25) is 5.02 Å². The van der Waals surface area contributed by atoms with Crippen molar-refractivity contribution in [2.75, 3.05) is 42.6 Å². The molecule has 0 spiro atoms. The molecule has 0 bridgehead atoms. The standard InChI is InChI=1S/C14H18ClN3O4S/c15-13-9-11(18(19)20)1-2-14(13)17-6-4-16(5-7-17)12-3-8-23(21,22)10-12/h1-2,9,12H,3-8,10H2/t12-/m0/s1. The van der Waals surface area contributed by atoms with Crippen molar-refractivity contribution in [3.05, 3.63) is 33.3 Å². The van der Waals surface area contributed by atoms with Gasteiger partial charge >= 0.3 is 0 Å². The summed E-state index contributed by atoms with van der Waals surface area (Å²) in [5, 5.41) is 11.1. The fourth-order valence-corrected chi connectivity index (χ4v) is 5.31. The fourth-order valence-electron chi connectivity index (χ4n) is 3.26. The normalized spacial score (nSPS) is 24.7. The second-order valence-electron chi connectivity index (χ2n) is 5.97. The van der Waals surface area contributed by atoms with Crippen LogP contribution in [0.15, 0.2) is 18.2 Å². The lowest BCUT2D eigenvalue weighted by molar-refractivity contribution is -0.384. The molecule has 0 N–H and O–H groups in total. The monoisotopic (exact) mass is 359 g/mol. The number of anilines is 1. The van der Waals surface area contributed by atoms with E-state index >= 15 is 0 Å². The maximum absolute atomic E-state index is 11.6. The van der Waals surface area contributed by atoms with E-state index < -0.39 is 14.8 Å². The predicted octanol–water partition coefficient (Wildman–Crippen LogP) is 1.56. The lowest BCUT2D eigenvalue weighted by Crippen LogP contribution is -2.50. The topological polar surface area (TPSA) is 83.8 Å². The molecule has 2 heterocycles. The molecule has 0 unspecified atom stereocenters. The highest BCUT2D eigenvalue weighted by molar-refractivity contribution is 7.91. The Morgan fingerprint density at radius 1 is 1.22 bits per heavy atom. The van der Waals surface area contributed by atoms with Crippen LogP contribution < -0.4 is 4.90 Å². The van der Waals surface area contributed by atoms with Gasteiger partial charge in [0.25, 0.3) is 5.69 Å². The molecule has 2 aliphatic heterocycles. The molecule has 2 saturated heterocycles. The Morgan fingerprint density at radius 2 is 1.91 bits per heavy atom. The lowest BCUT2D eigenvalue weighted by atomic mass is 10.1. The van der Waals surface area contributed by atoms with Crippen molar-refractivity contribution in [1.29, 1.82) is 0 Å². The number of sulfone groups is 1. The van der Waals surface area contributed by atoms with Gasteiger partial charge in [0, 0.05) is 44.4 Å². The second kappa shape index (κ2) is 6.26. The average Bonchev–Trinajstić information content (AvgIpc) is 2.87. The van der Waals surface area contributed by atoms with E-state index in [4.69, 9.17) is 11.6 Å². The van der Waals surface area contributed by atoms with Gasteiger partial charge < -0.3 is 4.90 Å². The Balaban J connectivity index is 1.64. The molecule has 0 radical (unpaired) electrons. The molecule has 0 amide bonds. The molecule has 0 saturated carbocycles. The minimum Gasteiger partial charge on any atom is -0.368 e. The molecule has 23 heavy (non-hydrogen) atoms. The number of halogens is 1. The van der Waals surface area contributed by atoms with Crippen LogP contribution in [0, 0.1) is 10.1 Å². The van der Waals surface area contributed by atoms with Crippen LogP contribution in [-0.2, 0) is 9.84 Å². The van der Waals surface area contributed by atoms with Crippen molar-refractivity contribution in [1.82, 2.24) is 4.90 Å². The molecule has 0 aliphatic carbocycles. The summed E-state index contributed by atoms with van der Waals surface area (Å²) in [6, 6.07) is 4.62. The van der Waals surface area contributed by atoms with Crippen LogP contribution in [0.4, 0.5) is 11.4 Å². The van der Waals surface area contributed by atoms with Gasteiger partial charge in [0.15, 0.2) is 9.84 Å². The summed E-state index contributed by atoms with van der Waals surface area (Å²) in [4.78, 5) is 14.6. The first-order chi connectivity index (χ1) is 10.9. The quantitative estimate of drug-likeness (QED) is 0.601. The largest absolute Gasteiger partial charge is 0.368 e. The van der Waals surface area contributed by atoms with Crippen molar-refractivity contribution < 1.29 is 13.3 Å². The van der Waals surface area contributed by atoms with Crippen LogP contribution in [0.3, 0.4) is 0 Å². The minimum atomic E-state index is -2.87. The Bertz CT molecular complexity index is 717. The zero-order valence-electron chi connectivity index (χ0n) is 12.5. The van der Waals surface area contributed by atoms with E-state index in [1.165, 1.54) is 12.1 Å². The lowest BCUT2D eigenvalue weighted by Gasteiger charge is -2.39. The summed E-state index contributed by atoms with van der Waals surface area (Å²) >= 11 is 6.17. The summed E-state index contributed by atoms with van der Waals surface area (Å²) in [7, 11) is -2.87. The number of hydrogen-bond acceptors (Lipinski definition) is 6. The zero-order chi connectivity index (χ0) is 16.6. The highest BCUT2D eigenvalue weighted by Crippen LogP contribution is 2.31. The van der Waals surface area contributed by atoms with Crippen LogP contribution in [0.1, 0.15) is 6.42 Å². The van der Waals surface area contributed by atoms with Crippen molar-refractivity contribution in [2.45, 2.75) is 12.5 Å². The number of benzene rings is 1. The fraction of sp³-hybridized carbons (Fsp3) is 0.571. The Hall–Kier alpha value is -1.38. The van der Waals surface area contributed by atoms with Gasteiger partial charge in [-0.15, -0.1) is 0 Å². The summed E-state index contributed by atoms with van der Waals surface area (Å²) in [5.41, 5.74) is 0.768. The van der Waals surface area contributed by atoms with Gasteiger partial charge in [-0.1, -0.05) is 11.6 Å². The van der Waals surface area contributed by atoms with Crippen LogP contribution >= 0.6 is 11.6 Å². The minimum absolute atomic E-state index is 0.0199. The van der Waals surface area contributed by atoms with E-state index in [1.807, 2.05) is 0 Å². The number of nitrogens with zero attached hydrogens (tertiary/aromatic N) is 3. The van der Waals surface area contributed by atoms with Gasteiger partial charge in [-0.05, 0) is 12.5 Å². The van der Waals surface area contributed by atoms with Crippen LogP contribution in [0.25, 0.3) is 0 Å². The summed E-state index contributed by atoms with van der Waals surface area (Å²) in [5.74, 6) is 0.539. The van der Waals surface area contributed by atoms with Crippen molar-refractivity contribution in [2.24, 2.45) is 0 Å². The van der Waals surface area contributed by atoms with Crippen molar-refractivity contribution >= 4 is 32.8 Å². The first-order valence-corrected chi connectivity index (χ1v) is 9.69. The molecule has 2 fully saturated rings. The number of nitro groups is 1. The third kappa shape index (κ3) is 3.59. The molecule has 0 aromatic heterocycles. The van der Waals surface area contributed by atoms with Crippen LogP contribution in [-0.4, -0.2) is 62.0 Å². The first kappa shape index (κ1) is 16.5. The van der Waals surface area contributed by atoms with E-state index in [-0.39, 0.29) is 23.2 Å². The van der Waals surface area contributed by atoms with Gasteiger partial charge in [0.2, 0.25) is 0 Å². The molecule has 9 heteroatoms. The van der Waals surface area contributed by atoms with Gasteiger partial charge in [-0.3, -0.25) is 15.0 Å². The molecular weight excluding hydrogens is 342 g/mol. The molecule has 1 atom stereocenters. The maximum Gasteiger partial charge on any atom is 0.271 e. The number of nitro benzene ring substituents is 1. The Kier molecular flexibility index (Phi) is 4.48. The number of hydrogen-bond donors (Lipinski definition) is 0. The third-order valence-corrected chi connectivity index (χ3v) is 6.57. The van der Waals surface area contributed by atoms with E-state index in [0.29, 0.717) is 11.4 Å². The Labute approximate surface area is 139 Å². The molecule has 1 aromatic rings. The highest BCUT2D eigenvalue weighted by atomic mass is 35.5. The van der Waals surface area contributed by atoms with Gasteiger partial charge in [0.05, 0.1) is 27.1 Å². The smallest absolute Gasteiger partial charge is 0.271 e. The Morgan fingerprint density at radius 3 is 2.43 bits per heavy atom.